The van der Waals surface area contributed by atoms with Crippen LogP contribution in [0.1, 0.15) is 11.1 Å². The Morgan fingerprint density at radius 2 is 2.35 bits per heavy atom. The van der Waals surface area contributed by atoms with E-state index in [0.717, 1.165) is 0 Å². The zero-order valence-corrected chi connectivity index (χ0v) is 8.88. The second-order valence-corrected chi connectivity index (χ2v) is 3.24. The highest BCUT2D eigenvalue weighted by molar-refractivity contribution is 5.70. The molecule has 6 heteroatoms. The third-order valence-corrected chi connectivity index (χ3v) is 1.97. The average Bonchev–Trinajstić information content (AvgIpc) is 2.28. The molecule has 0 aliphatic carbocycles. The van der Waals surface area contributed by atoms with Gasteiger partial charge in [-0.15, -0.1) is 0 Å². The van der Waals surface area contributed by atoms with Crippen molar-refractivity contribution in [1.82, 2.24) is 0 Å². The number of rotatable bonds is 5. The van der Waals surface area contributed by atoms with Crippen molar-refractivity contribution in [2.24, 2.45) is 5.11 Å². The van der Waals surface area contributed by atoms with Gasteiger partial charge in [-0.1, -0.05) is 23.3 Å². The van der Waals surface area contributed by atoms with E-state index in [-0.39, 0.29) is 18.5 Å². The van der Waals surface area contributed by atoms with Crippen molar-refractivity contribution in [3.8, 4) is 0 Å². The van der Waals surface area contributed by atoms with Crippen LogP contribution in [0.25, 0.3) is 16.5 Å². The van der Waals surface area contributed by atoms with Gasteiger partial charge in [0.05, 0.1) is 6.42 Å². The van der Waals surface area contributed by atoms with Crippen LogP contribution in [0.3, 0.4) is 0 Å². The molecule has 0 aromatic heterocycles. The van der Waals surface area contributed by atoms with Gasteiger partial charge in [0.15, 0.2) is 0 Å². The second kappa shape index (κ2) is 6.30. The van der Waals surface area contributed by atoms with Crippen molar-refractivity contribution in [3.63, 3.8) is 0 Å². The molecular formula is C11H10FN3O2. The fourth-order valence-corrected chi connectivity index (χ4v) is 1.27. The van der Waals surface area contributed by atoms with Crippen molar-refractivity contribution in [3.05, 3.63) is 51.7 Å². The molecule has 0 spiro atoms. The monoisotopic (exact) mass is 235 g/mol. The lowest BCUT2D eigenvalue weighted by Gasteiger charge is -2.01. The van der Waals surface area contributed by atoms with Crippen LogP contribution in [0.2, 0.25) is 0 Å². The third-order valence-electron chi connectivity index (χ3n) is 1.97. The first-order valence-corrected chi connectivity index (χ1v) is 4.81. The molecule has 0 heterocycles. The van der Waals surface area contributed by atoms with E-state index in [9.17, 15) is 9.18 Å². The maximum absolute atomic E-state index is 13.2. The van der Waals surface area contributed by atoms with Gasteiger partial charge in [0, 0.05) is 11.5 Å². The summed E-state index contributed by atoms with van der Waals surface area (Å²) in [7, 11) is 0. The van der Waals surface area contributed by atoms with Crippen molar-refractivity contribution in [2.45, 2.75) is 6.42 Å². The highest BCUT2D eigenvalue weighted by Gasteiger charge is 2.06. The van der Waals surface area contributed by atoms with Crippen molar-refractivity contribution in [2.75, 3.05) is 6.54 Å². The first kappa shape index (κ1) is 12.7. The van der Waals surface area contributed by atoms with E-state index in [1.165, 1.54) is 18.2 Å². The zero-order valence-electron chi connectivity index (χ0n) is 8.88. The third kappa shape index (κ3) is 4.36. The van der Waals surface area contributed by atoms with Gasteiger partial charge in [-0.2, -0.15) is 0 Å². The van der Waals surface area contributed by atoms with E-state index in [0.29, 0.717) is 5.56 Å². The summed E-state index contributed by atoms with van der Waals surface area (Å²) < 4.78 is 13.2. The number of halogens is 1. The van der Waals surface area contributed by atoms with E-state index < -0.39 is 11.8 Å². The lowest BCUT2D eigenvalue weighted by Crippen LogP contribution is -2.02. The number of hydrogen-bond acceptors (Lipinski definition) is 2. The largest absolute Gasteiger partial charge is 0.481 e. The maximum atomic E-state index is 13.2. The topological polar surface area (TPSA) is 86.1 Å². The lowest BCUT2D eigenvalue weighted by molar-refractivity contribution is -0.136. The molecule has 1 aromatic carbocycles. The highest BCUT2D eigenvalue weighted by atomic mass is 19.1. The second-order valence-electron chi connectivity index (χ2n) is 3.24. The molecule has 0 amide bonds. The SMILES string of the molecule is [N-]=[N+]=NCC=Cc1ccc(F)c(CC(=O)O)c1. The Hall–Kier alpha value is -2.33. The number of carbonyl (C=O) groups is 1. The summed E-state index contributed by atoms with van der Waals surface area (Å²) >= 11 is 0. The van der Waals surface area contributed by atoms with E-state index in [1.54, 1.807) is 12.2 Å². The number of benzene rings is 1. The zero-order chi connectivity index (χ0) is 12.7. The Balaban J connectivity index is 2.84. The molecule has 88 valence electrons. The average molecular weight is 235 g/mol. The number of aliphatic carboxylic acids is 1. The predicted octanol–water partition coefficient (Wildman–Crippen LogP) is 2.78. The van der Waals surface area contributed by atoms with E-state index >= 15 is 0 Å². The number of hydrogen-bond donors (Lipinski definition) is 1. The fourth-order valence-electron chi connectivity index (χ4n) is 1.27. The smallest absolute Gasteiger partial charge is 0.307 e. The Bertz CT molecular complexity index is 493. The highest BCUT2D eigenvalue weighted by Crippen LogP contribution is 2.12. The van der Waals surface area contributed by atoms with Crippen LogP contribution < -0.4 is 0 Å². The summed E-state index contributed by atoms with van der Waals surface area (Å²) in [6.07, 6.45) is 2.89. The van der Waals surface area contributed by atoms with Crippen LogP contribution in [0.15, 0.2) is 29.4 Å². The van der Waals surface area contributed by atoms with Gasteiger partial charge in [0.2, 0.25) is 0 Å². The molecule has 0 atom stereocenters. The Labute approximate surface area is 96.8 Å². The van der Waals surface area contributed by atoms with Crippen molar-refractivity contribution < 1.29 is 14.3 Å². The van der Waals surface area contributed by atoms with Crippen LogP contribution in [-0.4, -0.2) is 17.6 Å². The van der Waals surface area contributed by atoms with Gasteiger partial charge in [0.25, 0.3) is 0 Å². The molecule has 0 radical (unpaired) electrons. The molecular weight excluding hydrogens is 225 g/mol. The Morgan fingerprint density at radius 3 is 3.00 bits per heavy atom. The Kier molecular flexibility index (Phi) is 4.72. The van der Waals surface area contributed by atoms with Gasteiger partial charge in [-0.05, 0) is 28.8 Å². The maximum Gasteiger partial charge on any atom is 0.307 e. The molecule has 0 saturated carbocycles. The molecule has 1 N–H and O–H groups in total. The van der Waals surface area contributed by atoms with Crippen LogP contribution in [0.4, 0.5) is 4.39 Å². The molecule has 0 aliphatic rings. The summed E-state index contributed by atoms with van der Waals surface area (Å²) in [5, 5.41) is 11.9. The van der Waals surface area contributed by atoms with E-state index in [4.69, 9.17) is 10.6 Å². The standard InChI is InChI=1S/C11H10FN3O2/c12-10-4-3-8(2-1-5-14-15-13)6-9(10)7-11(16)17/h1-4,6H,5,7H2,(H,16,17). The molecule has 17 heavy (non-hydrogen) atoms. The normalized spacial score (nSPS) is 10.2. The minimum absolute atomic E-state index is 0.128. The van der Waals surface area contributed by atoms with Crippen LogP contribution in [0.5, 0.6) is 0 Å². The molecule has 0 bridgehead atoms. The van der Waals surface area contributed by atoms with Crippen LogP contribution in [0, 0.1) is 5.82 Å². The molecule has 0 fully saturated rings. The van der Waals surface area contributed by atoms with E-state index in [1.807, 2.05) is 0 Å². The number of azide groups is 1. The molecule has 5 nitrogen and oxygen atoms in total. The summed E-state index contributed by atoms with van der Waals surface area (Å²) in [5.74, 6) is -1.63. The van der Waals surface area contributed by atoms with Crippen LogP contribution in [-0.2, 0) is 11.2 Å². The lowest BCUT2D eigenvalue weighted by atomic mass is 10.1. The van der Waals surface area contributed by atoms with Crippen LogP contribution >= 0.6 is 0 Å². The van der Waals surface area contributed by atoms with Gasteiger partial charge in [-0.25, -0.2) is 4.39 Å². The summed E-state index contributed by atoms with van der Waals surface area (Å²) in [6.45, 7) is 0.197. The molecule has 0 aliphatic heterocycles. The van der Waals surface area contributed by atoms with Gasteiger partial charge < -0.3 is 5.11 Å². The summed E-state index contributed by atoms with van der Waals surface area (Å²) in [6, 6.07) is 4.19. The number of carboxylic acid groups (broad SMARTS) is 1. The van der Waals surface area contributed by atoms with Crippen molar-refractivity contribution in [1.29, 1.82) is 0 Å². The Morgan fingerprint density at radius 1 is 1.59 bits per heavy atom. The molecule has 0 unspecified atom stereocenters. The minimum atomic E-state index is -1.08. The predicted molar refractivity (Wildman–Crippen MR) is 60.8 cm³/mol. The minimum Gasteiger partial charge on any atom is -0.481 e. The van der Waals surface area contributed by atoms with Crippen molar-refractivity contribution >= 4 is 12.0 Å². The van der Waals surface area contributed by atoms with Gasteiger partial charge in [0.1, 0.15) is 5.82 Å². The fraction of sp³-hybridized carbons (Fsp3) is 0.182. The summed E-state index contributed by atoms with van der Waals surface area (Å²) in [4.78, 5) is 13.1. The van der Waals surface area contributed by atoms with Gasteiger partial charge >= 0.3 is 5.97 Å². The van der Waals surface area contributed by atoms with Gasteiger partial charge in [-0.3, -0.25) is 4.79 Å². The quantitative estimate of drug-likeness (QED) is 0.483. The number of nitrogens with zero attached hydrogens (tertiary/aromatic N) is 3. The molecule has 1 aromatic rings. The molecule has 0 saturated heterocycles. The van der Waals surface area contributed by atoms with E-state index in [2.05, 4.69) is 10.0 Å². The summed E-state index contributed by atoms with van der Waals surface area (Å²) in [5.41, 5.74) is 8.84. The first-order valence-electron chi connectivity index (χ1n) is 4.81. The first-order chi connectivity index (χ1) is 8.13. The number of carboxylic acids is 1. The molecule has 1 rings (SSSR count).